The summed E-state index contributed by atoms with van der Waals surface area (Å²) in [5, 5.41) is 0.816. The van der Waals surface area contributed by atoms with Crippen LogP contribution in [0.4, 0.5) is 0 Å². The lowest BCUT2D eigenvalue weighted by Gasteiger charge is -2.24. The van der Waals surface area contributed by atoms with Crippen LogP contribution < -0.4 is 4.72 Å². The number of hydrogen-bond donors (Lipinski definition) is 1. The molecule has 12 heteroatoms. The molecular formula is C25H32N4O6S2. The summed E-state index contributed by atoms with van der Waals surface area (Å²) in [5.74, 6) is -0.785. The van der Waals surface area contributed by atoms with Crippen molar-refractivity contribution in [3.05, 3.63) is 77.7 Å². The van der Waals surface area contributed by atoms with Gasteiger partial charge in [-0.3, -0.25) is 9.59 Å². The first kappa shape index (κ1) is 28.5. The van der Waals surface area contributed by atoms with Crippen LogP contribution in [0.1, 0.15) is 22.3 Å². The van der Waals surface area contributed by atoms with Crippen molar-refractivity contribution in [1.29, 1.82) is 0 Å². The second kappa shape index (κ2) is 12.0. The van der Waals surface area contributed by atoms with Crippen molar-refractivity contribution in [3.8, 4) is 0 Å². The van der Waals surface area contributed by atoms with Gasteiger partial charge in [0.1, 0.15) is 6.54 Å². The van der Waals surface area contributed by atoms with Gasteiger partial charge in [0, 0.05) is 51.2 Å². The Kier molecular flexibility index (Phi) is 9.24. The van der Waals surface area contributed by atoms with E-state index in [0.717, 1.165) is 11.0 Å². The standard InChI is InChI=1S/C25H32N4O6S2/c1-4-36(32,33)26-16-21-14-15-29(18-21)37(34,35)23-12-10-22(11-13-23)25(31)28(19-24(30)27(2)3)17-20-8-6-5-7-9-20/h4-13,21,26H,1,14-19H2,2-3H3. The number of likely N-dealkylation sites (N-methyl/N-ethyl adjacent to an activating group) is 1. The molecule has 1 N–H and O–H groups in total. The zero-order valence-corrected chi connectivity index (χ0v) is 22.5. The Morgan fingerprint density at radius 2 is 1.70 bits per heavy atom. The summed E-state index contributed by atoms with van der Waals surface area (Å²) >= 11 is 0. The Morgan fingerprint density at radius 3 is 2.30 bits per heavy atom. The van der Waals surface area contributed by atoms with E-state index in [9.17, 15) is 26.4 Å². The van der Waals surface area contributed by atoms with Gasteiger partial charge < -0.3 is 9.80 Å². The summed E-state index contributed by atoms with van der Waals surface area (Å²) in [7, 11) is -4.17. The molecule has 0 saturated carbocycles. The number of sulfonamides is 2. The third kappa shape index (κ3) is 7.48. The number of benzene rings is 2. The van der Waals surface area contributed by atoms with Crippen molar-refractivity contribution in [2.24, 2.45) is 5.92 Å². The molecule has 2 aromatic rings. The summed E-state index contributed by atoms with van der Waals surface area (Å²) in [6, 6.07) is 14.9. The van der Waals surface area contributed by atoms with Gasteiger partial charge in [0.2, 0.25) is 26.0 Å². The molecule has 1 unspecified atom stereocenters. The predicted octanol–water partition coefficient (Wildman–Crippen LogP) is 1.49. The van der Waals surface area contributed by atoms with Gasteiger partial charge in [0.15, 0.2) is 0 Å². The number of carbonyl (C=O) groups is 2. The van der Waals surface area contributed by atoms with E-state index in [0.29, 0.717) is 6.42 Å². The average molecular weight is 549 g/mol. The van der Waals surface area contributed by atoms with Crippen LogP contribution in [-0.2, 0) is 31.4 Å². The normalized spacial score (nSPS) is 16.3. The molecule has 1 heterocycles. The Hall–Kier alpha value is -3.06. The highest BCUT2D eigenvalue weighted by Crippen LogP contribution is 2.25. The molecule has 1 saturated heterocycles. The smallest absolute Gasteiger partial charge is 0.254 e. The van der Waals surface area contributed by atoms with Crippen molar-refractivity contribution in [1.82, 2.24) is 18.8 Å². The fourth-order valence-corrected chi connectivity index (χ4v) is 6.00. The summed E-state index contributed by atoms with van der Waals surface area (Å²) in [4.78, 5) is 28.5. The van der Waals surface area contributed by atoms with Crippen molar-refractivity contribution < 1.29 is 26.4 Å². The SMILES string of the molecule is C=CS(=O)(=O)NCC1CCN(S(=O)(=O)c2ccc(C(=O)N(CC(=O)N(C)C)Cc3ccccc3)cc2)C1. The second-order valence-electron chi connectivity index (χ2n) is 9.04. The van der Waals surface area contributed by atoms with Crippen LogP contribution in [0.5, 0.6) is 0 Å². The van der Waals surface area contributed by atoms with Gasteiger partial charge in [0.05, 0.1) is 4.90 Å². The first-order valence-electron chi connectivity index (χ1n) is 11.7. The maximum atomic E-state index is 13.3. The highest BCUT2D eigenvalue weighted by Gasteiger charge is 2.33. The van der Waals surface area contributed by atoms with Crippen molar-refractivity contribution in [2.45, 2.75) is 17.9 Å². The van der Waals surface area contributed by atoms with Crippen molar-refractivity contribution in [2.75, 3.05) is 40.3 Å². The fourth-order valence-electron chi connectivity index (χ4n) is 3.88. The minimum absolute atomic E-state index is 0.0374. The molecular weight excluding hydrogens is 516 g/mol. The van der Waals surface area contributed by atoms with Crippen LogP contribution in [-0.4, -0.2) is 83.0 Å². The summed E-state index contributed by atoms with van der Waals surface area (Å²) < 4.78 is 53.1. The van der Waals surface area contributed by atoms with Crippen LogP contribution in [0.25, 0.3) is 0 Å². The number of nitrogens with zero attached hydrogens (tertiary/aromatic N) is 3. The lowest BCUT2D eigenvalue weighted by Crippen LogP contribution is -2.40. The van der Waals surface area contributed by atoms with E-state index < -0.39 is 26.0 Å². The summed E-state index contributed by atoms with van der Waals surface area (Å²) in [6.45, 7) is 3.92. The number of amides is 2. The van der Waals surface area contributed by atoms with Gasteiger partial charge >= 0.3 is 0 Å². The van der Waals surface area contributed by atoms with E-state index in [2.05, 4.69) is 11.3 Å². The van der Waals surface area contributed by atoms with E-state index in [1.54, 1.807) is 14.1 Å². The van der Waals surface area contributed by atoms with E-state index >= 15 is 0 Å². The quantitative estimate of drug-likeness (QED) is 0.454. The molecule has 1 atom stereocenters. The molecule has 3 rings (SSSR count). The first-order valence-corrected chi connectivity index (χ1v) is 14.7. The van der Waals surface area contributed by atoms with Gasteiger partial charge in [-0.2, -0.15) is 4.31 Å². The van der Waals surface area contributed by atoms with Crippen LogP contribution >= 0.6 is 0 Å². The Morgan fingerprint density at radius 1 is 1.05 bits per heavy atom. The van der Waals surface area contributed by atoms with Crippen LogP contribution in [0.3, 0.4) is 0 Å². The van der Waals surface area contributed by atoms with E-state index in [1.165, 1.54) is 38.4 Å². The summed E-state index contributed by atoms with van der Waals surface area (Å²) in [6.07, 6.45) is 0.518. The third-order valence-corrected chi connectivity index (χ3v) is 9.00. The monoisotopic (exact) mass is 548 g/mol. The van der Waals surface area contributed by atoms with E-state index in [4.69, 9.17) is 0 Å². The Labute approximate surface area is 218 Å². The Balaban J connectivity index is 1.72. The minimum atomic E-state index is -3.82. The number of rotatable bonds is 11. The van der Waals surface area contributed by atoms with Gasteiger partial charge in [0.25, 0.3) is 5.91 Å². The molecule has 200 valence electrons. The van der Waals surface area contributed by atoms with E-state index in [-0.39, 0.29) is 55.0 Å². The maximum absolute atomic E-state index is 13.3. The molecule has 0 radical (unpaired) electrons. The zero-order valence-electron chi connectivity index (χ0n) is 20.9. The van der Waals surface area contributed by atoms with Crippen LogP contribution in [0.15, 0.2) is 71.5 Å². The molecule has 2 aromatic carbocycles. The predicted molar refractivity (Wildman–Crippen MR) is 140 cm³/mol. The minimum Gasteiger partial charge on any atom is -0.347 e. The van der Waals surface area contributed by atoms with Crippen LogP contribution in [0, 0.1) is 5.92 Å². The highest BCUT2D eigenvalue weighted by atomic mass is 32.2. The molecule has 2 amide bonds. The largest absolute Gasteiger partial charge is 0.347 e. The van der Waals surface area contributed by atoms with Gasteiger partial charge in [-0.1, -0.05) is 36.9 Å². The summed E-state index contributed by atoms with van der Waals surface area (Å²) in [5.41, 5.74) is 1.13. The Bertz CT molecular complexity index is 1330. The van der Waals surface area contributed by atoms with E-state index in [1.807, 2.05) is 30.3 Å². The number of nitrogens with one attached hydrogen (secondary N) is 1. The second-order valence-corrected chi connectivity index (χ2v) is 12.7. The molecule has 37 heavy (non-hydrogen) atoms. The topological polar surface area (TPSA) is 124 Å². The third-order valence-electron chi connectivity index (χ3n) is 6.11. The molecule has 0 aliphatic carbocycles. The number of hydrogen-bond acceptors (Lipinski definition) is 6. The molecule has 0 spiro atoms. The average Bonchev–Trinajstić information content (AvgIpc) is 3.37. The molecule has 10 nitrogen and oxygen atoms in total. The fraction of sp³-hybridized carbons (Fsp3) is 0.360. The highest BCUT2D eigenvalue weighted by molar-refractivity contribution is 7.92. The van der Waals surface area contributed by atoms with Crippen molar-refractivity contribution in [3.63, 3.8) is 0 Å². The lowest BCUT2D eigenvalue weighted by atomic mass is 10.1. The van der Waals surface area contributed by atoms with Gasteiger partial charge in [-0.15, -0.1) is 0 Å². The maximum Gasteiger partial charge on any atom is 0.254 e. The molecule has 0 aromatic heterocycles. The molecule has 0 bridgehead atoms. The first-order chi connectivity index (χ1) is 17.4. The zero-order chi connectivity index (χ0) is 27.2. The van der Waals surface area contributed by atoms with Crippen LogP contribution in [0.2, 0.25) is 0 Å². The van der Waals surface area contributed by atoms with Gasteiger partial charge in [-0.25, -0.2) is 21.6 Å². The van der Waals surface area contributed by atoms with Gasteiger partial charge in [-0.05, 0) is 42.2 Å². The molecule has 1 fully saturated rings. The van der Waals surface area contributed by atoms with Crippen molar-refractivity contribution >= 4 is 31.9 Å². The number of carbonyl (C=O) groups excluding carboxylic acids is 2. The molecule has 1 aliphatic heterocycles. The molecule has 1 aliphatic rings. The lowest BCUT2D eigenvalue weighted by molar-refractivity contribution is -0.129.